The Morgan fingerprint density at radius 3 is 2.40 bits per heavy atom. The van der Waals surface area contributed by atoms with E-state index in [0.29, 0.717) is 0 Å². The van der Waals surface area contributed by atoms with Crippen LogP contribution in [0.15, 0.2) is 29.2 Å². The average Bonchev–Trinajstić information content (AvgIpc) is 1.95. The summed E-state index contributed by atoms with van der Waals surface area (Å²) in [6, 6.07) is 8.64. The summed E-state index contributed by atoms with van der Waals surface area (Å²) < 4.78 is 0. The molecule has 0 aliphatic rings. The number of benzene rings is 1. The van der Waals surface area contributed by atoms with E-state index >= 15 is 0 Å². The predicted octanol–water partition coefficient (Wildman–Crippen LogP) is 1.06. The average molecular weight is 150 g/mol. The van der Waals surface area contributed by atoms with Gasteiger partial charge in [-0.05, 0) is 17.9 Å². The second-order valence-electron chi connectivity index (χ2n) is 2.25. The Balaban J connectivity index is 2.69. The van der Waals surface area contributed by atoms with E-state index in [1.54, 1.807) is 0 Å². The van der Waals surface area contributed by atoms with Crippen LogP contribution in [0.5, 0.6) is 0 Å². The first-order chi connectivity index (χ1) is 4.83. The van der Waals surface area contributed by atoms with E-state index in [1.165, 1.54) is 10.4 Å². The summed E-state index contributed by atoms with van der Waals surface area (Å²) in [6.07, 6.45) is 0. The van der Waals surface area contributed by atoms with Crippen LogP contribution in [0.3, 0.4) is 0 Å². The van der Waals surface area contributed by atoms with E-state index in [-0.39, 0.29) is 0 Å². The largest absolute Gasteiger partial charge is 0.139 e. The number of hydrogen-bond acceptors (Lipinski definition) is 1. The molecule has 0 saturated carbocycles. The molecule has 0 nitrogen and oxygen atoms in total. The summed E-state index contributed by atoms with van der Waals surface area (Å²) in [5, 5.41) is 0. The summed E-state index contributed by atoms with van der Waals surface area (Å²) >= 11 is 1.88. The molecular weight excluding hydrogens is 139 g/mol. The first-order valence-electron chi connectivity index (χ1n) is 3.52. The van der Waals surface area contributed by atoms with Crippen molar-refractivity contribution in [2.75, 3.05) is 5.75 Å². The minimum atomic E-state index is 1.16. The number of rotatable bonds is 2. The molecule has 52 valence electrons. The van der Waals surface area contributed by atoms with Gasteiger partial charge in [0.2, 0.25) is 0 Å². The van der Waals surface area contributed by atoms with Gasteiger partial charge in [-0.25, -0.2) is 0 Å². The molecule has 0 N–H and O–H groups in total. The topological polar surface area (TPSA) is 0 Å². The van der Waals surface area contributed by atoms with Gasteiger partial charge in [0.05, 0.1) is 0 Å². The zero-order valence-corrected chi connectivity index (χ0v) is 7.24. The van der Waals surface area contributed by atoms with Gasteiger partial charge in [-0.1, -0.05) is 24.5 Å². The van der Waals surface area contributed by atoms with Crippen molar-refractivity contribution in [3.8, 4) is 0 Å². The molecule has 2 heteroatoms. The molecule has 1 aromatic carbocycles. The monoisotopic (exact) mass is 150 g/mol. The van der Waals surface area contributed by atoms with Gasteiger partial charge in [0, 0.05) is 4.90 Å². The van der Waals surface area contributed by atoms with Crippen LogP contribution in [0.1, 0.15) is 6.92 Å². The Morgan fingerprint density at radius 1 is 1.30 bits per heavy atom. The van der Waals surface area contributed by atoms with Crippen LogP contribution in [0.4, 0.5) is 0 Å². The lowest BCUT2D eigenvalue weighted by atomic mass is 9.97. The molecule has 0 bridgehead atoms. The highest BCUT2D eigenvalue weighted by atomic mass is 32.2. The van der Waals surface area contributed by atoms with Crippen molar-refractivity contribution in [3.05, 3.63) is 24.3 Å². The van der Waals surface area contributed by atoms with Gasteiger partial charge in [0.25, 0.3) is 0 Å². The first-order valence-corrected chi connectivity index (χ1v) is 4.51. The van der Waals surface area contributed by atoms with Gasteiger partial charge in [0.15, 0.2) is 0 Å². The molecule has 0 aliphatic heterocycles. The second kappa shape index (κ2) is 3.72. The Hall–Kier alpha value is -0.365. The smallest absolute Gasteiger partial charge is 0.126 e. The van der Waals surface area contributed by atoms with E-state index in [0.717, 1.165) is 5.75 Å². The molecule has 0 radical (unpaired) electrons. The number of thioether (sulfide) groups is 1. The van der Waals surface area contributed by atoms with Crippen LogP contribution < -0.4 is 5.46 Å². The van der Waals surface area contributed by atoms with Crippen molar-refractivity contribution < 1.29 is 0 Å². The zero-order valence-electron chi connectivity index (χ0n) is 6.42. The quantitative estimate of drug-likeness (QED) is 0.448. The minimum Gasteiger partial charge on any atom is -0.126 e. The second-order valence-corrected chi connectivity index (χ2v) is 3.58. The molecule has 1 rings (SSSR count). The van der Waals surface area contributed by atoms with Gasteiger partial charge in [-0.2, -0.15) is 0 Å². The van der Waals surface area contributed by atoms with Crippen molar-refractivity contribution in [2.24, 2.45) is 0 Å². The molecule has 0 saturated heterocycles. The fraction of sp³-hybridized carbons (Fsp3) is 0.250. The molecule has 0 heterocycles. The zero-order chi connectivity index (χ0) is 7.40. The third-order valence-electron chi connectivity index (χ3n) is 1.33. The lowest BCUT2D eigenvalue weighted by Gasteiger charge is -1.96. The summed E-state index contributed by atoms with van der Waals surface area (Å²) in [6.45, 7) is 2.17. The Bertz CT molecular complexity index is 193. The third kappa shape index (κ3) is 2.11. The minimum absolute atomic E-state index is 1.16. The number of hydrogen-bond donors (Lipinski definition) is 0. The van der Waals surface area contributed by atoms with Crippen molar-refractivity contribution in [1.29, 1.82) is 0 Å². The fourth-order valence-corrected chi connectivity index (χ4v) is 1.46. The first kappa shape index (κ1) is 7.74. The summed E-state index contributed by atoms with van der Waals surface area (Å²) in [7, 11) is 2.11. The normalized spacial score (nSPS) is 9.70. The fourth-order valence-electron chi connectivity index (χ4n) is 0.801. The molecular formula is C8H11BS. The SMILES string of the molecule is Bc1ccc(SCC)cc1. The van der Waals surface area contributed by atoms with E-state index in [1.807, 2.05) is 11.8 Å². The summed E-state index contributed by atoms with van der Waals surface area (Å²) in [4.78, 5) is 1.37. The van der Waals surface area contributed by atoms with Crippen molar-refractivity contribution in [2.45, 2.75) is 11.8 Å². The summed E-state index contributed by atoms with van der Waals surface area (Å²) in [5.41, 5.74) is 1.33. The lowest BCUT2D eigenvalue weighted by molar-refractivity contribution is 1.44. The van der Waals surface area contributed by atoms with Crippen LogP contribution in [-0.4, -0.2) is 13.6 Å². The molecule has 10 heavy (non-hydrogen) atoms. The standard InChI is InChI=1S/C8H11BS/c1-2-10-8-5-3-7(9)4-6-8/h3-6H,2,9H2,1H3. The van der Waals surface area contributed by atoms with Crippen LogP contribution in [-0.2, 0) is 0 Å². The van der Waals surface area contributed by atoms with Gasteiger partial charge >= 0.3 is 0 Å². The predicted molar refractivity (Wildman–Crippen MR) is 51.0 cm³/mol. The van der Waals surface area contributed by atoms with E-state index in [4.69, 9.17) is 0 Å². The van der Waals surface area contributed by atoms with E-state index in [2.05, 4.69) is 39.0 Å². The maximum Gasteiger partial charge on any atom is 0.139 e. The highest BCUT2D eigenvalue weighted by Gasteiger charge is 1.88. The van der Waals surface area contributed by atoms with Crippen molar-refractivity contribution in [3.63, 3.8) is 0 Å². The highest BCUT2D eigenvalue weighted by Crippen LogP contribution is 2.14. The van der Waals surface area contributed by atoms with Crippen molar-refractivity contribution in [1.82, 2.24) is 0 Å². The van der Waals surface area contributed by atoms with Crippen molar-refractivity contribution >= 4 is 25.1 Å². The Morgan fingerprint density at radius 2 is 1.90 bits per heavy atom. The Labute approximate surface area is 67.4 Å². The van der Waals surface area contributed by atoms with Gasteiger partial charge in [-0.15, -0.1) is 11.8 Å². The molecule has 0 atom stereocenters. The van der Waals surface area contributed by atoms with Gasteiger partial charge < -0.3 is 0 Å². The third-order valence-corrected chi connectivity index (χ3v) is 2.23. The van der Waals surface area contributed by atoms with Gasteiger partial charge in [-0.3, -0.25) is 0 Å². The van der Waals surface area contributed by atoms with E-state index in [9.17, 15) is 0 Å². The van der Waals surface area contributed by atoms with Crippen LogP contribution in [0.25, 0.3) is 0 Å². The highest BCUT2D eigenvalue weighted by molar-refractivity contribution is 7.99. The molecule has 0 fully saturated rings. The maximum absolute atomic E-state index is 2.17. The van der Waals surface area contributed by atoms with Crippen LogP contribution in [0, 0.1) is 0 Å². The maximum atomic E-state index is 2.17. The molecule has 1 aromatic rings. The molecule has 0 unspecified atom stereocenters. The molecule has 0 amide bonds. The van der Waals surface area contributed by atoms with Gasteiger partial charge in [0.1, 0.15) is 7.85 Å². The lowest BCUT2D eigenvalue weighted by Crippen LogP contribution is -1.98. The van der Waals surface area contributed by atoms with E-state index < -0.39 is 0 Å². The Kier molecular flexibility index (Phi) is 2.88. The molecule has 0 spiro atoms. The van der Waals surface area contributed by atoms with Crippen LogP contribution in [0.2, 0.25) is 0 Å². The molecule has 0 aromatic heterocycles. The summed E-state index contributed by atoms with van der Waals surface area (Å²) in [5.74, 6) is 1.16. The van der Waals surface area contributed by atoms with Crippen LogP contribution >= 0.6 is 11.8 Å². The molecule has 0 aliphatic carbocycles.